The van der Waals surface area contributed by atoms with Crippen LogP contribution >= 0.6 is 0 Å². The third-order valence-corrected chi connectivity index (χ3v) is 0.257. The highest BCUT2D eigenvalue weighted by molar-refractivity contribution is 5.73. The van der Waals surface area contributed by atoms with Gasteiger partial charge in [-0.15, -0.1) is 0 Å². The van der Waals surface area contributed by atoms with Crippen LogP contribution in [0.15, 0.2) is 0 Å². The average molecular weight is 89.0 g/mol. The van der Waals surface area contributed by atoms with Crippen LogP contribution in [0.1, 0.15) is 6.92 Å². The Bertz CT molecular complexity index is 59.8. The predicted molar refractivity (Wildman–Crippen MR) is 19.3 cm³/mol. The van der Waals surface area contributed by atoms with Gasteiger partial charge in [-0.05, 0) is 0 Å². The van der Waals surface area contributed by atoms with Gasteiger partial charge in [0.2, 0.25) is 0 Å². The van der Waals surface area contributed by atoms with E-state index in [1.807, 2.05) is 0 Å². The Morgan fingerprint density at radius 2 is 1.83 bits per heavy atom. The van der Waals surface area contributed by atoms with E-state index < -0.39 is 11.1 Å². The van der Waals surface area contributed by atoms with Gasteiger partial charge in [-0.25, -0.2) is 0 Å². The van der Waals surface area contributed by atoms with E-state index in [0.29, 0.717) is 0 Å². The quantitative estimate of drug-likeness (QED) is 0.387. The molecule has 0 radical (unpaired) electrons. The van der Waals surface area contributed by atoms with Gasteiger partial charge in [0.25, 0.3) is 0 Å². The number of hydrogen-bond acceptors (Lipinski definition) is 3. The van der Waals surface area contributed by atoms with Gasteiger partial charge in [0.1, 0.15) is 0 Å². The van der Waals surface area contributed by atoms with Gasteiger partial charge in [0.05, 0.1) is 0 Å². The number of amides is 1. The second-order valence-corrected chi connectivity index (χ2v) is 0.776. The number of rotatable bonds is 0. The zero-order valence-electron chi connectivity index (χ0n) is 3.17. The third kappa shape index (κ3) is 1.68. The van der Waals surface area contributed by atoms with Crippen molar-refractivity contribution in [3.8, 4) is 0 Å². The van der Waals surface area contributed by atoms with Gasteiger partial charge < -0.3 is 15.6 Å². The molecule has 0 aliphatic rings. The molecule has 0 aliphatic carbocycles. The van der Waals surface area contributed by atoms with Crippen molar-refractivity contribution in [3.05, 3.63) is 10.4 Å². The molecule has 0 aromatic carbocycles. The molecule has 0 atom stereocenters. The molecule has 0 unspecified atom stereocenters. The van der Waals surface area contributed by atoms with Crippen molar-refractivity contribution in [3.63, 3.8) is 0 Å². The minimum atomic E-state index is -1.02. The van der Waals surface area contributed by atoms with Gasteiger partial charge in [0.15, 0.2) is 5.91 Å². The van der Waals surface area contributed by atoms with Gasteiger partial charge in [-0.1, -0.05) is 0 Å². The molecule has 4 nitrogen and oxygen atoms in total. The van der Waals surface area contributed by atoms with E-state index in [1.54, 1.807) is 0 Å². The number of nitrogens with zero attached hydrogens (tertiary/aromatic N) is 1. The smallest absolute Gasteiger partial charge is 0.198 e. The van der Waals surface area contributed by atoms with Crippen LogP contribution in [-0.4, -0.2) is 11.1 Å². The molecular formula is C2H3NO3-2. The largest absolute Gasteiger partial charge is 0.767 e. The fourth-order valence-corrected chi connectivity index (χ4v) is 0. The number of carbonyl (C=O) groups is 1. The highest BCUT2D eigenvalue weighted by atomic mass is 16.8. The summed E-state index contributed by atoms with van der Waals surface area (Å²) in [6, 6.07) is 0. The summed E-state index contributed by atoms with van der Waals surface area (Å²) in [5.41, 5.74) is 0. The van der Waals surface area contributed by atoms with Crippen molar-refractivity contribution in [1.29, 1.82) is 0 Å². The van der Waals surface area contributed by atoms with Gasteiger partial charge in [-0.3, -0.25) is 4.79 Å². The molecule has 0 fully saturated rings. The maximum atomic E-state index is 9.44. The molecule has 0 aromatic heterocycles. The summed E-state index contributed by atoms with van der Waals surface area (Å²) in [6.45, 7) is 0.903. The van der Waals surface area contributed by atoms with Crippen LogP contribution in [0.2, 0.25) is 0 Å². The van der Waals surface area contributed by atoms with E-state index in [9.17, 15) is 4.79 Å². The van der Waals surface area contributed by atoms with Crippen LogP contribution in [0.5, 0.6) is 0 Å². The minimum Gasteiger partial charge on any atom is -0.767 e. The monoisotopic (exact) mass is 89.0 g/mol. The highest BCUT2D eigenvalue weighted by Crippen LogP contribution is 1.74. The lowest BCUT2D eigenvalue weighted by Gasteiger charge is -2.32. The summed E-state index contributed by atoms with van der Waals surface area (Å²) in [4.78, 5) is 9.44. The van der Waals surface area contributed by atoms with E-state index in [2.05, 4.69) is 0 Å². The standard InChI is InChI=1S/C2H3NO3/c1-2(4)3(5)6/h1H3/q-2. The summed E-state index contributed by atoms with van der Waals surface area (Å²) < 4.78 is 0. The first kappa shape index (κ1) is 5.39. The average Bonchev–Trinajstić information content (AvgIpc) is 1.36. The van der Waals surface area contributed by atoms with Crippen LogP contribution in [0, 0.1) is 10.4 Å². The predicted octanol–water partition coefficient (Wildman–Crippen LogP) is -0.169. The molecule has 0 aromatic rings. The molecule has 0 N–H and O–H groups in total. The lowest BCUT2D eigenvalue weighted by atomic mass is 10.8. The Hall–Kier alpha value is -0.610. The summed E-state index contributed by atoms with van der Waals surface area (Å²) in [5, 5.41) is 17.3. The summed E-state index contributed by atoms with van der Waals surface area (Å²) >= 11 is 0. The normalized spacial score (nSPS) is 7.83. The third-order valence-electron chi connectivity index (χ3n) is 0.257. The van der Waals surface area contributed by atoms with Gasteiger partial charge in [0, 0.05) is 6.92 Å². The number of hydrogen-bond donors (Lipinski definition) is 0. The molecule has 0 heterocycles. The first-order valence-corrected chi connectivity index (χ1v) is 1.29. The van der Waals surface area contributed by atoms with Gasteiger partial charge >= 0.3 is 0 Å². The maximum absolute atomic E-state index is 9.44. The number of carbonyl (C=O) groups excluding carboxylic acids is 1. The minimum absolute atomic E-state index is 0.903. The molecule has 0 rings (SSSR count). The Labute approximate surface area is 34.5 Å². The molecular weight excluding hydrogens is 86.0 g/mol. The summed E-state index contributed by atoms with van der Waals surface area (Å²) in [5.74, 6) is -1.02. The van der Waals surface area contributed by atoms with Crippen molar-refractivity contribution in [1.82, 2.24) is 5.23 Å². The van der Waals surface area contributed by atoms with Crippen molar-refractivity contribution in [2.75, 3.05) is 0 Å². The van der Waals surface area contributed by atoms with E-state index in [0.717, 1.165) is 6.92 Å². The second-order valence-electron chi connectivity index (χ2n) is 0.776. The fraction of sp³-hybridized carbons (Fsp3) is 0.500. The molecule has 4 heteroatoms. The molecule has 36 valence electrons. The Kier molecular flexibility index (Phi) is 1.56. The highest BCUT2D eigenvalue weighted by Gasteiger charge is 1.73. The molecule has 0 saturated heterocycles. The summed E-state index contributed by atoms with van der Waals surface area (Å²) in [6.07, 6.45) is 0. The maximum Gasteiger partial charge on any atom is 0.198 e. The first-order valence-electron chi connectivity index (χ1n) is 1.29. The Morgan fingerprint density at radius 1 is 1.67 bits per heavy atom. The van der Waals surface area contributed by atoms with Crippen LogP contribution in [0.25, 0.3) is 0 Å². The van der Waals surface area contributed by atoms with Crippen LogP contribution < -0.4 is 0 Å². The van der Waals surface area contributed by atoms with Crippen LogP contribution in [0.4, 0.5) is 0 Å². The summed E-state index contributed by atoms with van der Waals surface area (Å²) in [7, 11) is 0. The lowest BCUT2D eigenvalue weighted by molar-refractivity contribution is -0.124. The zero-order chi connectivity index (χ0) is 5.15. The van der Waals surface area contributed by atoms with Crippen molar-refractivity contribution in [2.24, 2.45) is 0 Å². The van der Waals surface area contributed by atoms with Crippen molar-refractivity contribution < 1.29 is 4.79 Å². The molecule has 0 saturated carbocycles. The first-order chi connectivity index (χ1) is 2.64. The van der Waals surface area contributed by atoms with E-state index in [4.69, 9.17) is 10.4 Å². The molecule has 0 bridgehead atoms. The number of hydroxylamine groups is 2. The lowest BCUT2D eigenvalue weighted by Crippen LogP contribution is -2.12. The molecule has 0 aliphatic heterocycles. The van der Waals surface area contributed by atoms with Crippen LogP contribution in [-0.2, 0) is 4.79 Å². The SMILES string of the molecule is CC(=O)N([O-])[O-]. The van der Waals surface area contributed by atoms with Crippen LogP contribution in [0.3, 0.4) is 0 Å². The fourth-order valence-electron chi connectivity index (χ4n) is 0. The molecule has 0 spiro atoms. The van der Waals surface area contributed by atoms with Gasteiger partial charge in [-0.2, -0.15) is 0 Å². The van der Waals surface area contributed by atoms with E-state index >= 15 is 0 Å². The molecule has 6 heavy (non-hydrogen) atoms. The topological polar surface area (TPSA) is 66.4 Å². The van der Waals surface area contributed by atoms with Crippen molar-refractivity contribution in [2.45, 2.75) is 6.92 Å². The van der Waals surface area contributed by atoms with E-state index in [-0.39, 0.29) is 0 Å². The second kappa shape index (κ2) is 1.74. The Morgan fingerprint density at radius 3 is 1.83 bits per heavy atom. The zero-order valence-corrected chi connectivity index (χ0v) is 3.17. The molecule has 1 amide bonds. The Balaban J connectivity index is 3.26. The van der Waals surface area contributed by atoms with Crippen molar-refractivity contribution >= 4 is 5.91 Å². The van der Waals surface area contributed by atoms with E-state index in [1.165, 1.54) is 0 Å².